The lowest BCUT2D eigenvalue weighted by atomic mass is 10.1. The predicted molar refractivity (Wildman–Crippen MR) is 85.2 cm³/mol. The zero-order valence-electron chi connectivity index (χ0n) is 12.2. The maximum atomic E-state index is 12.8. The van der Waals surface area contributed by atoms with Crippen molar-refractivity contribution in [2.75, 3.05) is 0 Å². The lowest BCUT2D eigenvalue weighted by Gasteiger charge is -2.11. The van der Waals surface area contributed by atoms with E-state index in [1.165, 1.54) is 17.5 Å². The molecule has 0 aliphatic heterocycles. The first-order valence-corrected chi connectivity index (χ1v) is 7.18. The number of aromatic nitrogens is 3. The molecular weight excluding hydrogens is 318 g/mol. The Morgan fingerprint density at radius 2 is 2.17 bits per heavy atom. The van der Waals surface area contributed by atoms with E-state index in [0.717, 1.165) is 0 Å². The summed E-state index contributed by atoms with van der Waals surface area (Å²) in [6.07, 6.45) is 4.67. The van der Waals surface area contributed by atoms with Crippen LogP contribution in [0.15, 0.2) is 47.7 Å². The number of rotatable bonds is 3. The SMILES string of the molecule is CC(=O)OCc1nc2ccc(Cl)cn2c(=O)c1-c1cccnc1. The first-order valence-electron chi connectivity index (χ1n) is 6.81. The van der Waals surface area contributed by atoms with Crippen molar-refractivity contribution >= 4 is 23.2 Å². The summed E-state index contributed by atoms with van der Waals surface area (Å²) in [5.41, 5.74) is 1.43. The Morgan fingerprint density at radius 1 is 1.35 bits per heavy atom. The quantitative estimate of drug-likeness (QED) is 0.690. The van der Waals surface area contributed by atoms with Crippen LogP contribution in [0.1, 0.15) is 12.6 Å². The molecule has 7 heteroatoms. The lowest BCUT2D eigenvalue weighted by molar-refractivity contribution is -0.142. The van der Waals surface area contributed by atoms with Crippen molar-refractivity contribution in [3.05, 3.63) is 63.9 Å². The number of nitrogens with zero attached hydrogens (tertiary/aromatic N) is 3. The van der Waals surface area contributed by atoms with Crippen LogP contribution in [0.25, 0.3) is 16.8 Å². The summed E-state index contributed by atoms with van der Waals surface area (Å²) < 4.78 is 6.38. The van der Waals surface area contributed by atoms with E-state index in [1.54, 1.807) is 36.7 Å². The molecule has 3 heterocycles. The average Bonchev–Trinajstić information content (AvgIpc) is 2.54. The average molecular weight is 330 g/mol. The summed E-state index contributed by atoms with van der Waals surface area (Å²) in [5.74, 6) is -0.444. The van der Waals surface area contributed by atoms with Crippen molar-refractivity contribution in [2.24, 2.45) is 0 Å². The van der Waals surface area contributed by atoms with Crippen LogP contribution in [-0.2, 0) is 16.1 Å². The van der Waals surface area contributed by atoms with Gasteiger partial charge < -0.3 is 4.74 Å². The van der Waals surface area contributed by atoms with Crippen molar-refractivity contribution < 1.29 is 9.53 Å². The Balaban J connectivity index is 2.28. The number of ether oxygens (including phenoxy) is 1. The molecule has 0 saturated heterocycles. The van der Waals surface area contributed by atoms with E-state index < -0.39 is 5.97 Å². The van der Waals surface area contributed by atoms with Crippen molar-refractivity contribution in [2.45, 2.75) is 13.5 Å². The van der Waals surface area contributed by atoms with Crippen LogP contribution >= 0.6 is 11.6 Å². The number of carbonyl (C=O) groups is 1. The van der Waals surface area contributed by atoms with Gasteiger partial charge in [-0.1, -0.05) is 17.7 Å². The molecule has 0 saturated carbocycles. The Morgan fingerprint density at radius 3 is 2.87 bits per heavy atom. The first kappa shape index (κ1) is 15.2. The summed E-state index contributed by atoms with van der Waals surface area (Å²) in [7, 11) is 0. The van der Waals surface area contributed by atoms with E-state index in [2.05, 4.69) is 9.97 Å². The van der Waals surface area contributed by atoms with Crippen LogP contribution in [-0.4, -0.2) is 20.3 Å². The number of pyridine rings is 2. The van der Waals surface area contributed by atoms with Gasteiger partial charge in [0.15, 0.2) is 0 Å². The highest BCUT2D eigenvalue weighted by atomic mass is 35.5. The zero-order chi connectivity index (χ0) is 16.4. The van der Waals surface area contributed by atoms with E-state index in [1.807, 2.05) is 0 Å². The molecule has 3 aromatic rings. The molecule has 0 aromatic carbocycles. The maximum Gasteiger partial charge on any atom is 0.303 e. The predicted octanol–water partition coefficient (Wildman–Crippen LogP) is 2.47. The molecule has 0 radical (unpaired) electrons. The number of halogens is 1. The third-order valence-electron chi connectivity index (χ3n) is 3.22. The molecule has 0 bridgehead atoms. The number of esters is 1. The molecule has 23 heavy (non-hydrogen) atoms. The minimum atomic E-state index is -0.444. The zero-order valence-corrected chi connectivity index (χ0v) is 12.9. The number of carbonyl (C=O) groups excluding carboxylic acids is 1. The molecule has 0 amide bonds. The van der Waals surface area contributed by atoms with Gasteiger partial charge in [-0.15, -0.1) is 0 Å². The molecule has 0 atom stereocenters. The minimum absolute atomic E-state index is 0.0894. The van der Waals surface area contributed by atoms with Gasteiger partial charge in [0.1, 0.15) is 12.3 Å². The Hall–Kier alpha value is -2.73. The smallest absolute Gasteiger partial charge is 0.303 e. The van der Waals surface area contributed by atoms with Gasteiger partial charge >= 0.3 is 5.97 Å². The molecule has 0 unspecified atom stereocenters. The summed E-state index contributed by atoms with van der Waals surface area (Å²) in [6.45, 7) is 1.21. The van der Waals surface area contributed by atoms with E-state index in [-0.39, 0.29) is 12.2 Å². The monoisotopic (exact) mass is 329 g/mol. The van der Waals surface area contributed by atoms with Gasteiger partial charge in [0.2, 0.25) is 0 Å². The fourth-order valence-corrected chi connectivity index (χ4v) is 2.39. The number of fused-ring (bicyclic) bond motifs is 1. The van der Waals surface area contributed by atoms with Crippen LogP contribution in [0.3, 0.4) is 0 Å². The molecule has 0 fully saturated rings. The van der Waals surface area contributed by atoms with Crippen LogP contribution in [0.2, 0.25) is 5.02 Å². The van der Waals surface area contributed by atoms with Crippen molar-refractivity contribution in [3.63, 3.8) is 0 Å². The number of hydrogen-bond acceptors (Lipinski definition) is 5. The van der Waals surface area contributed by atoms with Crippen molar-refractivity contribution in [3.8, 4) is 11.1 Å². The van der Waals surface area contributed by atoms with Gasteiger partial charge in [0, 0.05) is 31.1 Å². The largest absolute Gasteiger partial charge is 0.459 e. The summed E-state index contributed by atoms with van der Waals surface area (Å²) in [4.78, 5) is 32.4. The molecule has 3 rings (SSSR count). The number of hydrogen-bond donors (Lipinski definition) is 0. The van der Waals surface area contributed by atoms with Crippen LogP contribution in [0, 0.1) is 0 Å². The van der Waals surface area contributed by atoms with Crippen LogP contribution < -0.4 is 5.56 Å². The van der Waals surface area contributed by atoms with Gasteiger partial charge in [-0.3, -0.25) is 19.0 Å². The normalized spacial score (nSPS) is 10.7. The Labute approximate surface area is 136 Å². The fraction of sp³-hybridized carbons (Fsp3) is 0.125. The van der Waals surface area contributed by atoms with Crippen LogP contribution in [0.5, 0.6) is 0 Å². The van der Waals surface area contributed by atoms with Gasteiger partial charge in [0.05, 0.1) is 16.3 Å². The molecular formula is C16H12ClN3O3. The second kappa shape index (κ2) is 6.18. The second-order valence-corrected chi connectivity index (χ2v) is 5.27. The molecule has 6 nitrogen and oxygen atoms in total. The molecule has 0 aliphatic rings. The minimum Gasteiger partial charge on any atom is -0.459 e. The molecule has 116 valence electrons. The van der Waals surface area contributed by atoms with E-state index >= 15 is 0 Å². The first-order chi connectivity index (χ1) is 11.1. The van der Waals surface area contributed by atoms with Gasteiger partial charge in [0.25, 0.3) is 5.56 Å². The Kier molecular flexibility index (Phi) is 4.08. The second-order valence-electron chi connectivity index (χ2n) is 4.84. The van der Waals surface area contributed by atoms with Crippen molar-refractivity contribution in [1.82, 2.24) is 14.4 Å². The maximum absolute atomic E-state index is 12.8. The van der Waals surface area contributed by atoms with Crippen LogP contribution in [0.4, 0.5) is 0 Å². The van der Waals surface area contributed by atoms with E-state index in [0.29, 0.717) is 27.5 Å². The Bertz CT molecular complexity index is 938. The van der Waals surface area contributed by atoms with E-state index in [9.17, 15) is 9.59 Å². The standard InChI is InChI=1S/C16H12ClN3O3/c1-10(21)23-9-13-15(11-3-2-6-18-7-11)16(22)20-8-12(17)4-5-14(20)19-13/h2-8H,9H2,1H3. The topological polar surface area (TPSA) is 73.6 Å². The van der Waals surface area contributed by atoms with E-state index in [4.69, 9.17) is 16.3 Å². The molecule has 3 aromatic heterocycles. The summed E-state index contributed by atoms with van der Waals surface area (Å²) in [5, 5.41) is 0.422. The third kappa shape index (κ3) is 3.07. The summed E-state index contributed by atoms with van der Waals surface area (Å²) in [6, 6.07) is 6.74. The highest BCUT2D eigenvalue weighted by Crippen LogP contribution is 2.20. The highest BCUT2D eigenvalue weighted by molar-refractivity contribution is 6.30. The van der Waals surface area contributed by atoms with Crippen molar-refractivity contribution in [1.29, 1.82) is 0 Å². The lowest BCUT2D eigenvalue weighted by Crippen LogP contribution is -2.20. The summed E-state index contributed by atoms with van der Waals surface area (Å²) >= 11 is 5.96. The highest BCUT2D eigenvalue weighted by Gasteiger charge is 2.16. The van der Waals surface area contributed by atoms with Gasteiger partial charge in [-0.25, -0.2) is 4.98 Å². The van der Waals surface area contributed by atoms with Gasteiger partial charge in [-0.2, -0.15) is 0 Å². The molecule has 0 aliphatic carbocycles. The molecule has 0 N–H and O–H groups in total. The van der Waals surface area contributed by atoms with Gasteiger partial charge in [-0.05, 0) is 18.2 Å². The molecule has 0 spiro atoms. The fourth-order valence-electron chi connectivity index (χ4n) is 2.23. The third-order valence-corrected chi connectivity index (χ3v) is 3.45.